The van der Waals surface area contributed by atoms with Crippen LogP contribution >= 0.6 is 0 Å². The molecule has 32 heavy (non-hydrogen) atoms. The molecule has 0 aromatic heterocycles. The van der Waals surface area contributed by atoms with E-state index in [4.69, 9.17) is 14.3 Å². The van der Waals surface area contributed by atoms with Crippen LogP contribution in [-0.2, 0) is 9.57 Å². The summed E-state index contributed by atoms with van der Waals surface area (Å²) >= 11 is 0. The fraction of sp³-hybridized carbons (Fsp3) is 0.600. The molecule has 0 saturated carbocycles. The predicted octanol–water partition coefficient (Wildman–Crippen LogP) is 4.81. The predicted molar refractivity (Wildman–Crippen MR) is 130 cm³/mol. The number of nitrogens with zero attached hydrogens (tertiary/aromatic N) is 2. The Morgan fingerprint density at radius 3 is 2.47 bits per heavy atom. The molecule has 0 radical (unpaired) electrons. The minimum Gasteiger partial charge on any atom is -0.467 e. The lowest BCUT2D eigenvalue weighted by Gasteiger charge is -2.51. The molecule has 1 unspecified atom stereocenters. The topological polar surface area (TPSA) is 54.4 Å². The minimum absolute atomic E-state index is 0.0219. The van der Waals surface area contributed by atoms with E-state index in [1.165, 1.54) is 6.42 Å². The maximum atomic E-state index is 10.5. The van der Waals surface area contributed by atoms with Gasteiger partial charge in [0, 0.05) is 47.3 Å². The number of hydroxylamine groups is 2. The summed E-state index contributed by atoms with van der Waals surface area (Å²) in [5.41, 5.74) is 2.06. The van der Waals surface area contributed by atoms with Crippen LogP contribution in [0.1, 0.15) is 58.4 Å². The second-order valence-electron chi connectivity index (χ2n) is 10.5. The Morgan fingerprint density at radius 1 is 1.12 bits per heavy atom. The normalized spacial score (nSPS) is 22.2. The van der Waals surface area contributed by atoms with Gasteiger partial charge in [-0.3, -0.25) is 4.84 Å². The van der Waals surface area contributed by atoms with Crippen molar-refractivity contribution in [3.8, 4) is 5.75 Å². The molecule has 7 heteroatoms. The van der Waals surface area contributed by atoms with E-state index in [-0.39, 0.29) is 23.8 Å². The maximum Gasteiger partial charge on any atom is 0.409 e. The molecule has 2 aliphatic rings. The number of rotatable bonds is 7. The average Bonchev–Trinajstić information content (AvgIpc) is 3.08. The monoisotopic (exact) mass is 440 g/mol. The summed E-state index contributed by atoms with van der Waals surface area (Å²) in [6.07, 6.45) is 3.44. The van der Waals surface area contributed by atoms with Crippen LogP contribution in [0.3, 0.4) is 0 Å². The Bertz CT molecular complexity index is 946. The molecule has 174 valence electrons. The van der Waals surface area contributed by atoms with Crippen molar-refractivity contribution in [2.24, 2.45) is 0 Å². The zero-order chi connectivity index (χ0) is 23.1. The van der Waals surface area contributed by atoms with Gasteiger partial charge >= 0.3 is 7.05 Å². The van der Waals surface area contributed by atoms with Gasteiger partial charge in [-0.2, -0.15) is 5.06 Å². The first-order chi connectivity index (χ1) is 15.2. The molecule has 0 spiro atoms. The largest absolute Gasteiger partial charge is 0.467 e. The molecule has 1 saturated heterocycles. The highest BCUT2D eigenvalue weighted by Gasteiger charge is 2.44. The van der Waals surface area contributed by atoms with E-state index in [9.17, 15) is 5.02 Å². The van der Waals surface area contributed by atoms with Crippen LogP contribution < -0.4 is 9.55 Å². The van der Waals surface area contributed by atoms with Gasteiger partial charge in [-0.25, -0.2) is 0 Å². The van der Waals surface area contributed by atoms with Gasteiger partial charge in [0.2, 0.25) is 0 Å². The summed E-state index contributed by atoms with van der Waals surface area (Å²) in [7, 11) is 1.03. The van der Waals surface area contributed by atoms with E-state index in [1.807, 2.05) is 23.8 Å². The van der Waals surface area contributed by atoms with E-state index in [0.29, 0.717) is 13.2 Å². The van der Waals surface area contributed by atoms with Gasteiger partial charge in [-0.15, -0.1) is 0 Å². The lowest BCUT2D eigenvalue weighted by molar-refractivity contribution is -0.282. The highest BCUT2D eigenvalue weighted by molar-refractivity contribution is 6.54. The van der Waals surface area contributed by atoms with E-state index in [1.54, 1.807) is 7.11 Å². The summed E-state index contributed by atoms with van der Waals surface area (Å²) in [6, 6.07) is 10.4. The van der Waals surface area contributed by atoms with Gasteiger partial charge in [-0.1, -0.05) is 24.3 Å². The third-order valence-electron chi connectivity index (χ3n) is 7.01. The number of hydrogen-bond donors (Lipinski definition) is 1. The van der Waals surface area contributed by atoms with Crippen LogP contribution in [0, 0.1) is 0 Å². The van der Waals surface area contributed by atoms with Crippen molar-refractivity contribution in [2.75, 3.05) is 31.9 Å². The Balaban J connectivity index is 1.72. The number of fused-ring (bicyclic) bond motifs is 2. The number of ether oxygens (including phenoxy) is 2. The Labute approximate surface area is 192 Å². The lowest BCUT2D eigenvalue weighted by Crippen LogP contribution is -2.58. The third-order valence-corrected chi connectivity index (χ3v) is 7.01. The molecule has 6 nitrogen and oxygen atoms in total. The Hall–Kier alpha value is -1.80. The first kappa shape index (κ1) is 23.4. The molecule has 1 N–H and O–H groups in total. The molecule has 0 amide bonds. The van der Waals surface area contributed by atoms with Gasteiger partial charge in [0.05, 0.1) is 6.61 Å². The molecular weight excluding hydrogens is 403 g/mol. The molecule has 2 aromatic rings. The summed E-state index contributed by atoms with van der Waals surface area (Å²) in [6.45, 7) is 12.3. The second-order valence-corrected chi connectivity index (χ2v) is 10.5. The van der Waals surface area contributed by atoms with Crippen molar-refractivity contribution in [1.82, 2.24) is 5.06 Å². The van der Waals surface area contributed by atoms with Crippen molar-refractivity contribution in [1.29, 1.82) is 0 Å². The fourth-order valence-corrected chi connectivity index (χ4v) is 5.63. The van der Waals surface area contributed by atoms with Crippen LogP contribution in [0.5, 0.6) is 5.75 Å². The van der Waals surface area contributed by atoms with Gasteiger partial charge in [0.25, 0.3) is 0 Å². The van der Waals surface area contributed by atoms with E-state index in [0.717, 1.165) is 40.6 Å². The minimum atomic E-state index is -0.599. The quantitative estimate of drug-likeness (QED) is 0.493. The number of piperidine rings is 1. The molecule has 0 aliphatic carbocycles. The molecule has 0 bridgehead atoms. The van der Waals surface area contributed by atoms with Crippen molar-refractivity contribution in [3.63, 3.8) is 0 Å². The number of methoxy groups -OCH3 is 1. The van der Waals surface area contributed by atoms with Crippen LogP contribution in [0.15, 0.2) is 30.3 Å². The second kappa shape index (κ2) is 8.86. The zero-order valence-electron chi connectivity index (χ0n) is 20.4. The molecule has 2 aromatic carbocycles. The number of benzene rings is 2. The lowest BCUT2D eigenvalue weighted by atomic mass is 9.82. The molecule has 1 fully saturated rings. The molecular formula is C25H37BN2O4. The third kappa shape index (κ3) is 4.24. The van der Waals surface area contributed by atoms with Crippen molar-refractivity contribution >= 4 is 23.5 Å². The van der Waals surface area contributed by atoms with Gasteiger partial charge < -0.3 is 19.3 Å². The smallest absolute Gasteiger partial charge is 0.409 e. The molecule has 4 rings (SSSR count). The molecule has 1 atom stereocenters. The van der Waals surface area contributed by atoms with Crippen LogP contribution in [0.25, 0.3) is 10.8 Å². The van der Waals surface area contributed by atoms with Crippen molar-refractivity contribution in [2.45, 2.75) is 70.8 Å². The van der Waals surface area contributed by atoms with E-state index >= 15 is 0 Å². The summed E-state index contributed by atoms with van der Waals surface area (Å²) in [4.78, 5) is 8.64. The summed E-state index contributed by atoms with van der Waals surface area (Å²) < 4.78 is 11.4. The number of anilines is 1. The van der Waals surface area contributed by atoms with Crippen molar-refractivity contribution in [3.05, 3.63) is 35.9 Å². The molecule has 2 aliphatic heterocycles. The van der Waals surface area contributed by atoms with Gasteiger partial charge in [0.15, 0.2) is 6.79 Å². The fourth-order valence-electron chi connectivity index (χ4n) is 5.63. The van der Waals surface area contributed by atoms with Crippen LogP contribution in [0.2, 0.25) is 6.82 Å². The Morgan fingerprint density at radius 2 is 1.81 bits per heavy atom. The molecule has 2 heterocycles. The summed E-state index contributed by atoms with van der Waals surface area (Å²) in [5.74, 6) is 0.901. The number of hydrogen-bond acceptors (Lipinski definition) is 6. The SMILES string of the molecule is COCOc1c2c(cc3ccccc13)N(B(C)O)CC2CON1C(C)(C)CCCC1(C)C. The standard InChI is InChI=1S/C25H37BN2O4/c1-24(2)12-9-13-25(3,4)28(24)32-16-19-15-27(26(5)29)21-14-18-10-7-8-11-20(18)23(22(19)21)31-17-30-6/h7-8,10-11,14,19,29H,9,12-13,15-17H2,1-6H3. The van der Waals surface area contributed by atoms with E-state index < -0.39 is 7.05 Å². The van der Waals surface area contributed by atoms with Gasteiger partial charge in [0.1, 0.15) is 5.75 Å². The van der Waals surface area contributed by atoms with E-state index in [2.05, 4.69) is 51.0 Å². The Kier molecular flexibility index (Phi) is 6.47. The highest BCUT2D eigenvalue weighted by atomic mass is 16.7. The average molecular weight is 440 g/mol. The first-order valence-electron chi connectivity index (χ1n) is 11.7. The maximum absolute atomic E-state index is 10.5. The summed E-state index contributed by atoms with van der Waals surface area (Å²) in [5, 5.41) is 14.9. The first-order valence-corrected chi connectivity index (χ1v) is 11.7. The van der Waals surface area contributed by atoms with Crippen LogP contribution in [-0.4, -0.2) is 55.3 Å². The highest BCUT2D eigenvalue weighted by Crippen LogP contribution is 2.48. The van der Waals surface area contributed by atoms with Crippen LogP contribution in [0.4, 0.5) is 5.69 Å². The van der Waals surface area contributed by atoms with Gasteiger partial charge in [-0.05, 0) is 65.2 Å². The zero-order valence-corrected chi connectivity index (χ0v) is 20.4. The van der Waals surface area contributed by atoms with Crippen molar-refractivity contribution < 1.29 is 19.3 Å².